The third-order valence-electron chi connectivity index (χ3n) is 4.80. The second-order valence-electron chi connectivity index (χ2n) is 6.82. The van der Waals surface area contributed by atoms with Crippen molar-refractivity contribution >= 4 is 23.5 Å². The van der Waals surface area contributed by atoms with Gasteiger partial charge in [0.1, 0.15) is 17.2 Å². The number of carbonyl (C=O) groups excluding carboxylic acids is 2. The molecule has 156 valence electrons. The van der Waals surface area contributed by atoms with E-state index in [1.54, 1.807) is 6.07 Å². The maximum atomic E-state index is 14.3. The summed E-state index contributed by atoms with van der Waals surface area (Å²) in [6.45, 7) is -0.616. The number of imide groups is 1. The number of hydrogen-bond acceptors (Lipinski definition) is 6. The fourth-order valence-corrected chi connectivity index (χ4v) is 3.46. The van der Waals surface area contributed by atoms with E-state index in [0.717, 1.165) is 7.11 Å². The van der Waals surface area contributed by atoms with Gasteiger partial charge in [0.25, 0.3) is 11.8 Å². The number of hydrogen-bond donors (Lipinski definition) is 1. The standard InChI is InChI=1S/C19H16F3N5O3/c1-30-18(29)25-17(28)13-9-23-27-6-5-15(24-16(13)27)26-10-19(21,22)8-14(26)11-3-2-4-12(20)7-11/h2-7,9,14H,8,10H2,1H3,(H,25,28,29). The van der Waals surface area contributed by atoms with E-state index < -0.39 is 42.7 Å². The van der Waals surface area contributed by atoms with Crippen LogP contribution in [0, 0.1) is 5.82 Å². The molecule has 1 aromatic carbocycles. The van der Waals surface area contributed by atoms with E-state index in [9.17, 15) is 22.8 Å². The minimum Gasteiger partial charge on any atom is -0.453 e. The Hall–Kier alpha value is -3.63. The Balaban J connectivity index is 1.73. The van der Waals surface area contributed by atoms with Crippen LogP contribution in [0.3, 0.4) is 0 Å². The van der Waals surface area contributed by atoms with Gasteiger partial charge in [-0.1, -0.05) is 12.1 Å². The highest BCUT2D eigenvalue weighted by Gasteiger charge is 2.46. The third kappa shape index (κ3) is 3.65. The fraction of sp³-hybridized carbons (Fsp3) is 0.263. The van der Waals surface area contributed by atoms with Crippen molar-refractivity contribution in [2.75, 3.05) is 18.6 Å². The molecular formula is C19H16F3N5O3. The second kappa shape index (κ2) is 7.32. The third-order valence-corrected chi connectivity index (χ3v) is 4.80. The van der Waals surface area contributed by atoms with Gasteiger partial charge in [0.05, 0.1) is 25.9 Å². The lowest BCUT2D eigenvalue weighted by Gasteiger charge is -2.25. The molecule has 3 aromatic rings. The van der Waals surface area contributed by atoms with Gasteiger partial charge in [0.15, 0.2) is 5.65 Å². The van der Waals surface area contributed by atoms with Crippen LogP contribution >= 0.6 is 0 Å². The maximum Gasteiger partial charge on any atom is 0.413 e. The molecule has 0 radical (unpaired) electrons. The van der Waals surface area contributed by atoms with E-state index >= 15 is 0 Å². The van der Waals surface area contributed by atoms with Crippen molar-refractivity contribution in [2.24, 2.45) is 0 Å². The van der Waals surface area contributed by atoms with Crippen molar-refractivity contribution in [3.05, 3.63) is 59.7 Å². The van der Waals surface area contributed by atoms with Gasteiger partial charge in [-0.05, 0) is 23.8 Å². The minimum absolute atomic E-state index is 0.0319. The molecule has 1 fully saturated rings. The molecule has 0 bridgehead atoms. The number of aromatic nitrogens is 3. The van der Waals surface area contributed by atoms with Gasteiger partial charge in [-0.25, -0.2) is 27.5 Å². The molecule has 0 aliphatic carbocycles. The average Bonchev–Trinajstić information content (AvgIpc) is 3.27. The van der Waals surface area contributed by atoms with Crippen molar-refractivity contribution in [3.63, 3.8) is 0 Å². The van der Waals surface area contributed by atoms with Crippen molar-refractivity contribution in [1.29, 1.82) is 0 Å². The molecule has 1 unspecified atom stereocenters. The van der Waals surface area contributed by atoms with E-state index in [2.05, 4.69) is 14.8 Å². The zero-order valence-electron chi connectivity index (χ0n) is 15.7. The van der Waals surface area contributed by atoms with E-state index in [0.29, 0.717) is 5.56 Å². The molecule has 0 spiro atoms. The summed E-state index contributed by atoms with van der Waals surface area (Å²) in [4.78, 5) is 29.3. The van der Waals surface area contributed by atoms with Crippen LogP contribution in [0.25, 0.3) is 5.65 Å². The normalized spacial score (nSPS) is 17.9. The molecule has 11 heteroatoms. The summed E-state index contributed by atoms with van der Waals surface area (Å²) in [7, 11) is 1.11. The Kier molecular flexibility index (Phi) is 4.80. The smallest absolute Gasteiger partial charge is 0.413 e. The number of fused-ring (bicyclic) bond motifs is 1. The number of alkyl halides is 2. The Labute approximate surface area is 168 Å². The average molecular weight is 419 g/mol. The first-order chi connectivity index (χ1) is 14.3. The van der Waals surface area contributed by atoms with Gasteiger partial charge in [-0.15, -0.1) is 0 Å². The molecule has 30 heavy (non-hydrogen) atoms. The maximum absolute atomic E-state index is 14.3. The first kappa shape index (κ1) is 19.7. The molecule has 2 aromatic heterocycles. The van der Waals surface area contributed by atoms with Crippen LogP contribution in [0.15, 0.2) is 42.7 Å². The Morgan fingerprint density at radius 2 is 2.10 bits per heavy atom. The van der Waals surface area contributed by atoms with E-state index in [4.69, 9.17) is 0 Å². The summed E-state index contributed by atoms with van der Waals surface area (Å²) in [5.74, 6) is -4.16. The zero-order chi connectivity index (χ0) is 21.5. The topological polar surface area (TPSA) is 88.8 Å². The summed E-state index contributed by atoms with van der Waals surface area (Å²) in [6, 6.07) is 6.17. The first-order valence-corrected chi connectivity index (χ1v) is 8.91. The molecule has 1 aliphatic heterocycles. The molecule has 1 aliphatic rings. The SMILES string of the molecule is COC(=O)NC(=O)c1cnn2ccc(N3CC(F)(F)CC3c3cccc(F)c3)nc12. The Bertz CT molecular complexity index is 1130. The molecule has 0 saturated carbocycles. The number of halogens is 3. The lowest BCUT2D eigenvalue weighted by atomic mass is 10.0. The van der Waals surface area contributed by atoms with Crippen LogP contribution in [0.1, 0.15) is 28.4 Å². The van der Waals surface area contributed by atoms with Crippen LogP contribution in [0.2, 0.25) is 0 Å². The van der Waals surface area contributed by atoms with Crippen molar-refractivity contribution in [2.45, 2.75) is 18.4 Å². The highest BCUT2D eigenvalue weighted by Crippen LogP contribution is 2.43. The Morgan fingerprint density at radius 3 is 2.83 bits per heavy atom. The lowest BCUT2D eigenvalue weighted by molar-refractivity contribution is 0.0222. The van der Waals surface area contributed by atoms with Gasteiger partial charge in [-0.3, -0.25) is 10.1 Å². The van der Waals surface area contributed by atoms with Gasteiger partial charge in [0, 0.05) is 12.6 Å². The predicted octanol–water partition coefficient (Wildman–Crippen LogP) is 2.95. The van der Waals surface area contributed by atoms with E-state index in [1.165, 1.54) is 46.1 Å². The summed E-state index contributed by atoms with van der Waals surface area (Å²) >= 11 is 0. The van der Waals surface area contributed by atoms with Crippen LogP contribution in [0.4, 0.5) is 23.8 Å². The fourth-order valence-electron chi connectivity index (χ4n) is 3.46. The summed E-state index contributed by atoms with van der Waals surface area (Å²) in [5.41, 5.74) is 0.434. The molecule has 2 amide bonds. The lowest BCUT2D eigenvalue weighted by Crippen LogP contribution is -2.30. The number of anilines is 1. The van der Waals surface area contributed by atoms with Gasteiger partial charge >= 0.3 is 6.09 Å². The second-order valence-corrected chi connectivity index (χ2v) is 6.82. The number of benzene rings is 1. The van der Waals surface area contributed by atoms with Crippen LogP contribution in [0.5, 0.6) is 0 Å². The number of methoxy groups -OCH3 is 1. The molecule has 4 rings (SSSR count). The summed E-state index contributed by atoms with van der Waals surface area (Å²) in [5, 5.41) is 5.98. The molecule has 1 N–H and O–H groups in total. The van der Waals surface area contributed by atoms with E-state index in [-0.39, 0.29) is 17.0 Å². The van der Waals surface area contributed by atoms with Crippen molar-refractivity contribution < 1.29 is 27.5 Å². The van der Waals surface area contributed by atoms with Crippen LogP contribution < -0.4 is 10.2 Å². The van der Waals surface area contributed by atoms with Gasteiger partial charge in [-0.2, -0.15) is 5.10 Å². The highest BCUT2D eigenvalue weighted by atomic mass is 19.3. The van der Waals surface area contributed by atoms with Gasteiger partial charge < -0.3 is 9.64 Å². The molecule has 1 saturated heterocycles. The number of rotatable bonds is 3. The quantitative estimate of drug-likeness (QED) is 0.702. The van der Waals surface area contributed by atoms with Crippen LogP contribution in [-0.2, 0) is 4.74 Å². The van der Waals surface area contributed by atoms with Crippen molar-refractivity contribution in [1.82, 2.24) is 19.9 Å². The zero-order valence-corrected chi connectivity index (χ0v) is 15.7. The molecule has 1 atom stereocenters. The number of ether oxygens (including phenoxy) is 1. The first-order valence-electron chi connectivity index (χ1n) is 8.91. The largest absolute Gasteiger partial charge is 0.453 e. The number of amides is 2. The molecule has 8 nitrogen and oxygen atoms in total. The summed E-state index contributed by atoms with van der Waals surface area (Å²) in [6.07, 6.45) is 1.21. The Morgan fingerprint density at radius 1 is 1.30 bits per heavy atom. The minimum atomic E-state index is -3.00. The number of nitrogens with zero attached hydrogens (tertiary/aromatic N) is 4. The van der Waals surface area contributed by atoms with E-state index in [1.807, 2.05) is 5.32 Å². The monoisotopic (exact) mass is 419 g/mol. The number of nitrogens with one attached hydrogen (secondary N) is 1. The number of alkyl carbamates (subject to hydrolysis) is 1. The predicted molar refractivity (Wildman–Crippen MR) is 98.9 cm³/mol. The highest BCUT2D eigenvalue weighted by molar-refractivity contribution is 6.06. The molecular weight excluding hydrogens is 403 g/mol. The van der Waals surface area contributed by atoms with Crippen LogP contribution in [-0.4, -0.2) is 46.2 Å². The van der Waals surface area contributed by atoms with Crippen molar-refractivity contribution in [3.8, 4) is 0 Å². The number of carbonyl (C=O) groups is 2. The van der Waals surface area contributed by atoms with Gasteiger partial charge in [0.2, 0.25) is 0 Å². The molecule has 3 heterocycles. The summed E-state index contributed by atoms with van der Waals surface area (Å²) < 4.78 is 47.9.